The maximum atomic E-state index is 11.3. The number of carbonyl (C=O) groups excluding carboxylic acids is 1. The van der Waals surface area contributed by atoms with Gasteiger partial charge in [0.25, 0.3) is 0 Å². The van der Waals surface area contributed by atoms with Crippen LogP contribution in [0.25, 0.3) is 0 Å². The molecule has 1 aliphatic rings. The molecule has 1 aliphatic heterocycles. The van der Waals surface area contributed by atoms with Gasteiger partial charge in [0.1, 0.15) is 6.10 Å². The van der Waals surface area contributed by atoms with Gasteiger partial charge in [0, 0.05) is 0 Å². The molecule has 0 aromatic carbocycles. The van der Waals surface area contributed by atoms with Crippen molar-refractivity contribution in [3.63, 3.8) is 0 Å². The molecular weight excluding hydrogens is 196 g/mol. The average molecular weight is 216 g/mol. The van der Waals surface area contributed by atoms with Crippen LogP contribution >= 0.6 is 0 Å². The second kappa shape index (κ2) is 4.10. The Balaban J connectivity index is 2.88. The van der Waals surface area contributed by atoms with Gasteiger partial charge in [-0.15, -0.1) is 0 Å². The Kier molecular flexibility index (Phi) is 3.41. The van der Waals surface area contributed by atoms with E-state index in [0.29, 0.717) is 0 Å². The molecular formula is C11H20O4. The molecule has 0 aromatic rings. The van der Waals surface area contributed by atoms with E-state index in [0.717, 1.165) is 6.42 Å². The molecule has 1 fully saturated rings. The number of aliphatic hydroxyl groups excluding tert-OH is 2. The number of aliphatic hydroxyl groups is 2. The summed E-state index contributed by atoms with van der Waals surface area (Å²) in [5.74, 6) is -1.01. The monoisotopic (exact) mass is 216 g/mol. The van der Waals surface area contributed by atoms with Crippen LogP contribution < -0.4 is 0 Å². The van der Waals surface area contributed by atoms with E-state index in [2.05, 4.69) is 0 Å². The van der Waals surface area contributed by atoms with Gasteiger partial charge in [0.15, 0.2) is 5.60 Å². The molecule has 4 nitrogen and oxygen atoms in total. The van der Waals surface area contributed by atoms with Crippen LogP contribution in [-0.2, 0) is 9.53 Å². The van der Waals surface area contributed by atoms with Crippen LogP contribution in [0.1, 0.15) is 34.1 Å². The summed E-state index contributed by atoms with van der Waals surface area (Å²) in [4.78, 5) is 11.3. The van der Waals surface area contributed by atoms with Crippen LogP contribution in [-0.4, -0.2) is 34.0 Å². The largest absolute Gasteiger partial charge is 0.453 e. The molecule has 15 heavy (non-hydrogen) atoms. The lowest BCUT2D eigenvalue weighted by Crippen LogP contribution is -2.51. The number of carbonyl (C=O) groups is 1. The standard InChI is InChI=1S/C11H20O4/c1-5-6(2)8(12)11(4)9(13)7(3)10(14)15-11/h6-9,12-13H,5H2,1-4H3/t6-,7+,8+,9-,11+/m0/s1. The van der Waals surface area contributed by atoms with Crippen LogP contribution in [0.3, 0.4) is 0 Å². The fraction of sp³-hybridized carbons (Fsp3) is 0.909. The smallest absolute Gasteiger partial charge is 0.312 e. The van der Waals surface area contributed by atoms with Gasteiger partial charge in [0.2, 0.25) is 0 Å². The summed E-state index contributed by atoms with van der Waals surface area (Å²) in [6.45, 7) is 7.03. The maximum Gasteiger partial charge on any atom is 0.312 e. The molecule has 5 atom stereocenters. The van der Waals surface area contributed by atoms with Crippen LogP contribution in [0, 0.1) is 11.8 Å². The second-order valence-electron chi connectivity index (χ2n) is 4.67. The molecule has 4 heteroatoms. The normalized spacial score (nSPS) is 40.0. The number of hydrogen-bond donors (Lipinski definition) is 2. The van der Waals surface area contributed by atoms with E-state index in [4.69, 9.17) is 4.74 Å². The number of cyclic esters (lactones) is 1. The van der Waals surface area contributed by atoms with Gasteiger partial charge in [-0.3, -0.25) is 4.79 Å². The fourth-order valence-electron chi connectivity index (χ4n) is 2.02. The van der Waals surface area contributed by atoms with Gasteiger partial charge >= 0.3 is 5.97 Å². The van der Waals surface area contributed by atoms with Gasteiger partial charge in [-0.25, -0.2) is 0 Å². The third-order valence-electron chi connectivity index (χ3n) is 3.52. The van der Waals surface area contributed by atoms with Gasteiger partial charge in [-0.1, -0.05) is 20.3 Å². The summed E-state index contributed by atoms with van der Waals surface area (Å²) in [5.41, 5.74) is -1.16. The highest BCUT2D eigenvalue weighted by molar-refractivity contribution is 5.76. The Morgan fingerprint density at radius 2 is 2.13 bits per heavy atom. The molecule has 0 bridgehead atoms. The van der Waals surface area contributed by atoms with E-state index in [1.165, 1.54) is 0 Å². The molecule has 0 amide bonds. The molecule has 0 aliphatic carbocycles. The number of hydrogen-bond acceptors (Lipinski definition) is 4. The van der Waals surface area contributed by atoms with Crippen LogP contribution in [0.4, 0.5) is 0 Å². The minimum atomic E-state index is -1.16. The SMILES string of the molecule is CC[C@H](C)[C@@H](O)[C@@]1(C)OC(=O)[C@H](C)[C@@H]1O. The Morgan fingerprint density at radius 1 is 1.60 bits per heavy atom. The van der Waals surface area contributed by atoms with E-state index in [-0.39, 0.29) is 5.92 Å². The first-order valence-electron chi connectivity index (χ1n) is 5.43. The van der Waals surface area contributed by atoms with Crippen LogP contribution in [0.2, 0.25) is 0 Å². The van der Waals surface area contributed by atoms with Crippen LogP contribution in [0.5, 0.6) is 0 Å². The first-order valence-corrected chi connectivity index (χ1v) is 5.43. The minimum Gasteiger partial charge on any atom is -0.453 e. The summed E-state index contributed by atoms with van der Waals surface area (Å²) < 4.78 is 5.12. The molecule has 0 aromatic heterocycles. The second-order valence-corrected chi connectivity index (χ2v) is 4.67. The van der Waals surface area contributed by atoms with Crippen molar-refractivity contribution in [2.75, 3.05) is 0 Å². The summed E-state index contributed by atoms with van der Waals surface area (Å²) in [6, 6.07) is 0. The zero-order chi connectivity index (χ0) is 11.8. The van der Waals surface area contributed by atoms with Gasteiger partial charge in [0.05, 0.1) is 12.0 Å². The molecule has 1 heterocycles. The van der Waals surface area contributed by atoms with Gasteiger partial charge < -0.3 is 14.9 Å². The Bertz CT molecular complexity index is 253. The van der Waals surface area contributed by atoms with Crippen molar-refractivity contribution in [3.8, 4) is 0 Å². The lowest BCUT2D eigenvalue weighted by Gasteiger charge is -2.35. The van der Waals surface area contributed by atoms with E-state index in [9.17, 15) is 15.0 Å². The summed E-state index contributed by atoms with van der Waals surface area (Å²) in [7, 11) is 0. The molecule has 88 valence electrons. The van der Waals surface area contributed by atoms with Crippen molar-refractivity contribution >= 4 is 5.97 Å². The molecule has 0 spiro atoms. The predicted octanol–water partition coefficient (Wildman–Crippen LogP) is 0.706. The van der Waals surface area contributed by atoms with E-state index >= 15 is 0 Å². The molecule has 2 N–H and O–H groups in total. The van der Waals surface area contributed by atoms with Crippen molar-refractivity contribution < 1.29 is 19.7 Å². The number of ether oxygens (including phenoxy) is 1. The lowest BCUT2D eigenvalue weighted by molar-refractivity contribution is -0.168. The highest BCUT2D eigenvalue weighted by Gasteiger charge is 2.55. The highest BCUT2D eigenvalue weighted by Crippen LogP contribution is 2.37. The van der Waals surface area contributed by atoms with Crippen molar-refractivity contribution in [2.24, 2.45) is 11.8 Å². The first kappa shape index (κ1) is 12.5. The Morgan fingerprint density at radius 3 is 2.47 bits per heavy atom. The summed E-state index contributed by atoms with van der Waals surface area (Å²) >= 11 is 0. The van der Waals surface area contributed by atoms with Gasteiger partial charge in [-0.2, -0.15) is 0 Å². The van der Waals surface area contributed by atoms with Gasteiger partial charge in [-0.05, 0) is 19.8 Å². The average Bonchev–Trinajstić information content (AvgIpc) is 2.41. The molecule has 1 rings (SSSR count). The quantitative estimate of drug-likeness (QED) is 0.682. The molecule has 0 saturated carbocycles. The molecule has 0 unspecified atom stereocenters. The maximum absolute atomic E-state index is 11.3. The zero-order valence-corrected chi connectivity index (χ0v) is 9.73. The van der Waals surface area contributed by atoms with Crippen molar-refractivity contribution in [1.82, 2.24) is 0 Å². The third kappa shape index (κ3) is 1.88. The minimum absolute atomic E-state index is 0.0113. The van der Waals surface area contributed by atoms with E-state index in [1.54, 1.807) is 13.8 Å². The first-order chi connectivity index (χ1) is 6.84. The van der Waals surface area contributed by atoms with Crippen molar-refractivity contribution in [2.45, 2.75) is 51.9 Å². The zero-order valence-electron chi connectivity index (χ0n) is 9.73. The van der Waals surface area contributed by atoms with Crippen molar-refractivity contribution in [3.05, 3.63) is 0 Å². The molecule has 1 saturated heterocycles. The highest BCUT2D eigenvalue weighted by atomic mass is 16.6. The van der Waals surface area contributed by atoms with Crippen molar-refractivity contribution in [1.29, 1.82) is 0 Å². The fourth-order valence-corrected chi connectivity index (χ4v) is 2.02. The van der Waals surface area contributed by atoms with E-state index < -0.39 is 29.7 Å². The molecule has 0 radical (unpaired) electrons. The Hall–Kier alpha value is -0.610. The summed E-state index contributed by atoms with van der Waals surface area (Å²) in [6.07, 6.45) is -0.990. The third-order valence-corrected chi connectivity index (χ3v) is 3.52. The van der Waals surface area contributed by atoms with E-state index in [1.807, 2.05) is 13.8 Å². The van der Waals surface area contributed by atoms with Crippen LogP contribution in [0.15, 0.2) is 0 Å². The number of rotatable bonds is 3. The predicted molar refractivity (Wildman–Crippen MR) is 55.1 cm³/mol. The Labute approximate surface area is 90.2 Å². The topological polar surface area (TPSA) is 66.8 Å². The lowest BCUT2D eigenvalue weighted by atomic mass is 9.82. The number of esters is 1. The summed E-state index contributed by atoms with van der Waals surface area (Å²) in [5, 5.41) is 19.9.